The predicted octanol–water partition coefficient (Wildman–Crippen LogP) is 3.19. The molecule has 8 heteroatoms. The van der Waals surface area contributed by atoms with Crippen molar-refractivity contribution in [1.82, 2.24) is 9.99 Å². The Labute approximate surface area is 166 Å². The maximum atomic E-state index is 12.2. The highest BCUT2D eigenvalue weighted by molar-refractivity contribution is 9.10. The van der Waals surface area contributed by atoms with E-state index in [9.17, 15) is 9.59 Å². The number of nitrogens with one attached hydrogen (secondary N) is 1. The number of rotatable bonds is 8. The van der Waals surface area contributed by atoms with Crippen LogP contribution in [0.15, 0.2) is 44.8 Å². The van der Waals surface area contributed by atoms with Crippen molar-refractivity contribution in [3.63, 3.8) is 0 Å². The molecule has 1 amide bonds. The van der Waals surface area contributed by atoms with Crippen LogP contribution in [0.1, 0.15) is 36.7 Å². The lowest BCUT2D eigenvalue weighted by Crippen LogP contribution is -2.30. The number of pyridine rings is 1. The second-order valence-electron chi connectivity index (χ2n) is 5.41. The van der Waals surface area contributed by atoms with Gasteiger partial charge in [-0.05, 0) is 66.5 Å². The van der Waals surface area contributed by atoms with Gasteiger partial charge in [-0.15, -0.1) is 0 Å². The van der Waals surface area contributed by atoms with Crippen LogP contribution in [0.3, 0.4) is 0 Å². The van der Waals surface area contributed by atoms with E-state index in [0.29, 0.717) is 36.8 Å². The molecule has 0 aliphatic rings. The molecule has 2 rings (SSSR count). The minimum atomic E-state index is -0.561. The Morgan fingerprint density at radius 3 is 2.67 bits per heavy atom. The second-order valence-corrected chi connectivity index (χ2v) is 6.26. The summed E-state index contributed by atoms with van der Waals surface area (Å²) in [6, 6.07) is 6.69. The van der Waals surface area contributed by atoms with Crippen LogP contribution in [-0.2, 0) is 6.54 Å². The van der Waals surface area contributed by atoms with E-state index in [2.05, 4.69) is 26.5 Å². The van der Waals surface area contributed by atoms with Crippen molar-refractivity contribution < 1.29 is 14.3 Å². The van der Waals surface area contributed by atoms with Crippen LogP contribution in [-0.4, -0.2) is 29.9 Å². The quantitative estimate of drug-likeness (QED) is 0.509. The third kappa shape index (κ3) is 5.19. The molecule has 144 valence electrons. The lowest BCUT2D eigenvalue weighted by atomic mass is 10.2. The van der Waals surface area contributed by atoms with Crippen molar-refractivity contribution >= 4 is 28.1 Å². The highest BCUT2D eigenvalue weighted by atomic mass is 79.9. The van der Waals surface area contributed by atoms with E-state index in [-0.39, 0.29) is 11.1 Å². The molecular formula is C19H22BrN3O4. The minimum Gasteiger partial charge on any atom is -0.490 e. The number of aromatic nitrogens is 1. The van der Waals surface area contributed by atoms with Crippen LogP contribution in [0.25, 0.3) is 0 Å². The van der Waals surface area contributed by atoms with Gasteiger partial charge < -0.3 is 14.0 Å². The maximum Gasteiger partial charge on any atom is 0.276 e. The molecule has 0 saturated heterocycles. The van der Waals surface area contributed by atoms with E-state index in [1.165, 1.54) is 16.8 Å². The Balaban J connectivity index is 2.18. The number of hydrazone groups is 1. The van der Waals surface area contributed by atoms with Crippen molar-refractivity contribution in [2.75, 3.05) is 13.2 Å². The van der Waals surface area contributed by atoms with E-state index in [1.54, 1.807) is 24.4 Å². The smallest absolute Gasteiger partial charge is 0.276 e. The zero-order chi connectivity index (χ0) is 19.8. The third-order valence-electron chi connectivity index (χ3n) is 3.61. The van der Waals surface area contributed by atoms with E-state index < -0.39 is 5.91 Å². The van der Waals surface area contributed by atoms with Crippen LogP contribution >= 0.6 is 15.9 Å². The molecule has 0 aliphatic heterocycles. The average Bonchev–Trinajstić information content (AvgIpc) is 2.65. The number of aryl methyl sites for hydroxylation is 1. The minimum absolute atomic E-state index is 0.0411. The molecule has 0 radical (unpaired) electrons. The molecule has 0 atom stereocenters. The SMILES string of the molecule is CCOc1cc(/C=N\NC(=O)c2cccn(CC)c2=O)cc(Br)c1OCC. The van der Waals surface area contributed by atoms with Crippen LogP contribution in [0.4, 0.5) is 0 Å². The van der Waals surface area contributed by atoms with Crippen LogP contribution < -0.4 is 20.5 Å². The van der Waals surface area contributed by atoms with Crippen LogP contribution in [0.2, 0.25) is 0 Å². The molecule has 7 nitrogen and oxygen atoms in total. The summed E-state index contributed by atoms with van der Waals surface area (Å²) in [5.74, 6) is 0.634. The number of ether oxygens (including phenoxy) is 2. The molecule has 1 aromatic carbocycles. The van der Waals surface area contributed by atoms with Gasteiger partial charge >= 0.3 is 0 Å². The van der Waals surface area contributed by atoms with Gasteiger partial charge in [-0.3, -0.25) is 9.59 Å². The number of hydrogen-bond donors (Lipinski definition) is 1. The molecule has 1 N–H and O–H groups in total. The van der Waals surface area contributed by atoms with Crippen LogP contribution in [0, 0.1) is 0 Å². The normalized spacial score (nSPS) is 10.8. The zero-order valence-electron chi connectivity index (χ0n) is 15.5. The average molecular weight is 436 g/mol. The van der Waals surface area contributed by atoms with E-state index in [1.807, 2.05) is 20.8 Å². The number of nitrogens with zero attached hydrogens (tertiary/aromatic N) is 2. The number of carbonyl (C=O) groups excluding carboxylic acids is 1. The molecule has 0 spiro atoms. The molecular weight excluding hydrogens is 414 g/mol. The Hall–Kier alpha value is -2.61. The van der Waals surface area contributed by atoms with Gasteiger partial charge in [0, 0.05) is 12.7 Å². The van der Waals surface area contributed by atoms with Gasteiger partial charge in [0.25, 0.3) is 11.5 Å². The molecule has 0 saturated carbocycles. The number of hydrogen-bond acceptors (Lipinski definition) is 5. The lowest BCUT2D eigenvalue weighted by Gasteiger charge is -2.13. The van der Waals surface area contributed by atoms with Gasteiger partial charge in [-0.25, -0.2) is 5.43 Å². The number of halogens is 1. The van der Waals surface area contributed by atoms with Gasteiger partial charge in [-0.1, -0.05) is 0 Å². The monoisotopic (exact) mass is 435 g/mol. The fraction of sp³-hybridized carbons (Fsp3) is 0.316. The topological polar surface area (TPSA) is 81.9 Å². The summed E-state index contributed by atoms with van der Waals surface area (Å²) >= 11 is 3.45. The molecule has 1 heterocycles. The van der Waals surface area contributed by atoms with Crippen molar-refractivity contribution in [2.24, 2.45) is 5.10 Å². The third-order valence-corrected chi connectivity index (χ3v) is 4.19. The maximum absolute atomic E-state index is 12.2. The van der Waals surface area contributed by atoms with Gasteiger partial charge in [0.2, 0.25) is 0 Å². The van der Waals surface area contributed by atoms with E-state index in [4.69, 9.17) is 9.47 Å². The fourth-order valence-electron chi connectivity index (χ4n) is 2.39. The van der Waals surface area contributed by atoms with Gasteiger partial charge in [0.1, 0.15) is 5.56 Å². The highest BCUT2D eigenvalue weighted by Gasteiger charge is 2.12. The summed E-state index contributed by atoms with van der Waals surface area (Å²) in [4.78, 5) is 24.4. The fourth-order valence-corrected chi connectivity index (χ4v) is 2.97. The largest absolute Gasteiger partial charge is 0.490 e. The first kappa shape index (κ1) is 20.7. The van der Waals surface area contributed by atoms with Gasteiger partial charge in [0.15, 0.2) is 11.5 Å². The number of amides is 1. The molecule has 27 heavy (non-hydrogen) atoms. The summed E-state index contributed by atoms with van der Waals surface area (Å²) < 4.78 is 13.4. The first-order chi connectivity index (χ1) is 13.0. The summed E-state index contributed by atoms with van der Waals surface area (Å²) in [5.41, 5.74) is 2.77. The Morgan fingerprint density at radius 1 is 1.26 bits per heavy atom. The Morgan fingerprint density at radius 2 is 2.00 bits per heavy atom. The lowest BCUT2D eigenvalue weighted by molar-refractivity contribution is 0.0953. The molecule has 0 aliphatic carbocycles. The molecule has 0 unspecified atom stereocenters. The summed E-state index contributed by atoms with van der Waals surface area (Å²) in [6.45, 7) is 7.09. The summed E-state index contributed by atoms with van der Waals surface area (Å²) in [5, 5.41) is 3.94. The predicted molar refractivity (Wildman–Crippen MR) is 108 cm³/mol. The Kier molecular flexibility index (Phi) is 7.60. The van der Waals surface area contributed by atoms with Gasteiger partial charge in [0.05, 0.1) is 23.9 Å². The Bertz CT molecular complexity index is 893. The molecule has 0 fully saturated rings. The highest BCUT2D eigenvalue weighted by Crippen LogP contribution is 2.36. The molecule has 0 bridgehead atoms. The first-order valence-electron chi connectivity index (χ1n) is 8.63. The van der Waals surface area contributed by atoms with E-state index in [0.717, 1.165) is 4.47 Å². The molecule has 2 aromatic rings. The van der Waals surface area contributed by atoms with E-state index >= 15 is 0 Å². The van der Waals surface area contributed by atoms with Gasteiger partial charge in [-0.2, -0.15) is 5.10 Å². The summed E-state index contributed by atoms with van der Waals surface area (Å²) in [7, 11) is 0. The number of benzene rings is 1. The van der Waals surface area contributed by atoms with Crippen LogP contribution in [0.5, 0.6) is 11.5 Å². The molecule has 1 aromatic heterocycles. The standard InChI is InChI=1S/C19H22BrN3O4/c1-4-23-9-7-8-14(19(23)25)18(24)22-21-12-13-10-15(20)17(27-6-3)16(11-13)26-5-2/h7-12H,4-6H2,1-3H3,(H,22,24)/b21-12-. The van der Waals surface area contributed by atoms with Crippen molar-refractivity contribution in [3.05, 3.63) is 56.4 Å². The van der Waals surface area contributed by atoms with Crippen molar-refractivity contribution in [1.29, 1.82) is 0 Å². The number of carbonyl (C=O) groups is 1. The van der Waals surface area contributed by atoms with Crippen molar-refractivity contribution in [3.8, 4) is 11.5 Å². The second kappa shape index (κ2) is 9.91. The van der Waals surface area contributed by atoms with Crippen molar-refractivity contribution in [2.45, 2.75) is 27.3 Å². The summed E-state index contributed by atoms with van der Waals surface area (Å²) in [6.07, 6.45) is 3.11. The first-order valence-corrected chi connectivity index (χ1v) is 9.43. The zero-order valence-corrected chi connectivity index (χ0v) is 17.1.